The van der Waals surface area contributed by atoms with Gasteiger partial charge in [-0.2, -0.15) is 0 Å². The molecule has 1 saturated carbocycles. The Labute approximate surface area is 210 Å². The first-order valence-corrected chi connectivity index (χ1v) is 12.2. The van der Waals surface area contributed by atoms with Crippen LogP contribution < -0.4 is 19.3 Å². The van der Waals surface area contributed by atoms with Gasteiger partial charge >= 0.3 is 0 Å². The van der Waals surface area contributed by atoms with Gasteiger partial charge in [0.1, 0.15) is 6.04 Å². The van der Waals surface area contributed by atoms with Gasteiger partial charge in [-0.25, -0.2) is 0 Å². The summed E-state index contributed by atoms with van der Waals surface area (Å²) in [5.41, 5.74) is 2.38. The van der Waals surface area contributed by atoms with Crippen LogP contribution >= 0.6 is 0 Å². The molecular weight excluding hydrogens is 458 g/mol. The number of nitrogens with zero attached hydrogens (tertiary/aromatic N) is 3. The first-order chi connectivity index (χ1) is 17.4. The molecule has 3 amide bonds. The molecule has 8 heteroatoms. The maximum Gasteiger partial charge on any atom is 0.253 e. The third-order valence-electron chi connectivity index (χ3n) is 8.25. The van der Waals surface area contributed by atoms with Gasteiger partial charge in [0.2, 0.25) is 11.8 Å². The van der Waals surface area contributed by atoms with Crippen molar-refractivity contribution < 1.29 is 23.9 Å². The highest BCUT2D eigenvalue weighted by Gasteiger charge is 2.65. The van der Waals surface area contributed by atoms with Gasteiger partial charge in [0.15, 0.2) is 11.5 Å². The Hall–Kier alpha value is -3.81. The second kappa shape index (κ2) is 8.11. The second-order valence-electron chi connectivity index (χ2n) is 10.1. The summed E-state index contributed by atoms with van der Waals surface area (Å²) >= 11 is 0. The number of imide groups is 1. The van der Waals surface area contributed by atoms with E-state index < -0.39 is 12.1 Å². The summed E-state index contributed by atoms with van der Waals surface area (Å²) in [7, 11) is 7.01. The van der Waals surface area contributed by atoms with Gasteiger partial charge in [-0.15, -0.1) is 0 Å². The zero-order valence-corrected chi connectivity index (χ0v) is 20.8. The summed E-state index contributed by atoms with van der Waals surface area (Å²) in [6.45, 7) is 0. The molecule has 6 rings (SSSR count). The number of hydrogen-bond donors (Lipinski definition) is 0. The van der Waals surface area contributed by atoms with Crippen molar-refractivity contribution >= 4 is 29.1 Å². The topological polar surface area (TPSA) is 79.4 Å². The van der Waals surface area contributed by atoms with E-state index in [0.29, 0.717) is 22.7 Å². The molecule has 3 fully saturated rings. The average Bonchev–Trinajstić information content (AvgIpc) is 3.57. The molecule has 0 radical (unpaired) electrons. The van der Waals surface area contributed by atoms with E-state index in [4.69, 9.17) is 9.47 Å². The molecule has 36 heavy (non-hydrogen) atoms. The number of carbonyl (C=O) groups excluding carboxylic acids is 3. The summed E-state index contributed by atoms with van der Waals surface area (Å²) in [6, 6.07) is 11.6. The van der Waals surface area contributed by atoms with Gasteiger partial charge in [-0.1, -0.05) is 24.3 Å². The quantitative estimate of drug-likeness (QED) is 0.354. The van der Waals surface area contributed by atoms with Crippen LogP contribution in [0.5, 0.6) is 11.5 Å². The van der Waals surface area contributed by atoms with Crippen molar-refractivity contribution in [1.29, 1.82) is 0 Å². The molecule has 4 aliphatic rings. The summed E-state index contributed by atoms with van der Waals surface area (Å²) in [5.74, 6) is -0.281. The van der Waals surface area contributed by atoms with Crippen molar-refractivity contribution in [2.45, 2.75) is 18.5 Å². The van der Waals surface area contributed by atoms with Crippen LogP contribution in [0.1, 0.15) is 18.0 Å². The fraction of sp³-hybridized carbons (Fsp3) is 0.393. The lowest BCUT2D eigenvalue weighted by atomic mass is 9.85. The number of hydrogen-bond acceptors (Lipinski definition) is 6. The Morgan fingerprint density at radius 1 is 0.778 bits per heavy atom. The summed E-state index contributed by atoms with van der Waals surface area (Å²) < 4.78 is 11.2. The molecule has 0 N–H and O–H groups in total. The first kappa shape index (κ1) is 22.6. The first-order valence-electron chi connectivity index (χ1n) is 12.2. The highest BCUT2D eigenvalue weighted by molar-refractivity contribution is 6.15. The molecule has 2 saturated heterocycles. The number of carbonyl (C=O) groups is 3. The Morgan fingerprint density at radius 3 is 1.97 bits per heavy atom. The second-order valence-corrected chi connectivity index (χ2v) is 10.1. The van der Waals surface area contributed by atoms with Crippen molar-refractivity contribution in [2.75, 3.05) is 38.1 Å². The molecule has 2 heterocycles. The average molecular weight is 488 g/mol. The van der Waals surface area contributed by atoms with Crippen molar-refractivity contribution in [3.05, 3.63) is 60.2 Å². The highest BCUT2D eigenvalue weighted by Crippen LogP contribution is 2.55. The van der Waals surface area contributed by atoms with Crippen molar-refractivity contribution in [3.63, 3.8) is 0 Å². The van der Waals surface area contributed by atoms with E-state index in [1.807, 2.05) is 55.4 Å². The van der Waals surface area contributed by atoms with Crippen molar-refractivity contribution in [3.8, 4) is 11.5 Å². The fourth-order valence-electron chi connectivity index (χ4n) is 6.58. The molecule has 186 valence electrons. The Morgan fingerprint density at radius 2 is 1.42 bits per heavy atom. The lowest BCUT2D eigenvalue weighted by Gasteiger charge is -2.50. The third-order valence-corrected chi connectivity index (χ3v) is 8.25. The van der Waals surface area contributed by atoms with Crippen LogP contribution in [0.25, 0.3) is 0 Å². The maximum absolute atomic E-state index is 13.8. The van der Waals surface area contributed by atoms with Crippen molar-refractivity contribution in [1.82, 2.24) is 4.90 Å². The molecule has 2 bridgehead atoms. The Balaban J connectivity index is 1.43. The van der Waals surface area contributed by atoms with Crippen LogP contribution in [0, 0.1) is 23.7 Å². The standard InChI is InChI=1S/C28H29N3O5/c1-29(2)17-10-12-18(13-11-17)30-23(19-6-5-7-20(35-3)25(19)36-4)24(28(30)34)31-26(32)21-15-8-9-16(14-15)22(21)27(31)33/h5-13,15-16,21-24H,14H2,1-4H3. The molecular formula is C28H29N3O5. The normalized spacial score (nSPS) is 30.1. The molecule has 2 aromatic carbocycles. The minimum atomic E-state index is -0.926. The number of para-hydroxylation sites is 1. The predicted octanol–water partition coefficient (Wildman–Crippen LogP) is 3.03. The van der Waals surface area contributed by atoms with Crippen LogP contribution in [0.2, 0.25) is 0 Å². The minimum absolute atomic E-state index is 0.0797. The number of methoxy groups -OCH3 is 2. The maximum atomic E-state index is 13.8. The summed E-state index contributed by atoms with van der Waals surface area (Å²) in [4.78, 5) is 45.9. The fourth-order valence-corrected chi connectivity index (χ4v) is 6.58. The van der Waals surface area contributed by atoms with Gasteiger partial charge in [0.05, 0.1) is 32.1 Å². The van der Waals surface area contributed by atoms with Crippen LogP contribution in [-0.2, 0) is 14.4 Å². The van der Waals surface area contributed by atoms with E-state index in [1.165, 1.54) is 4.90 Å². The SMILES string of the molecule is COc1cccc(C2C(N3C(=O)C4C5C=CC(C5)C4C3=O)C(=O)N2c2ccc(N(C)C)cc2)c1OC. The van der Waals surface area contributed by atoms with Crippen LogP contribution in [0.4, 0.5) is 11.4 Å². The molecule has 0 aromatic heterocycles. The zero-order valence-electron chi connectivity index (χ0n) is 20.8. The van der Waals surface area contributed by atoms with Gasteiger partial charge in [0, 0.05) is 31.0 Å². The number of β-lactam (4-membered cyclic amide) rings is 1. The van der Waals surface area contributed by atoms with Crippen molar-refractivity contribution in [2.24, 2.45) is 23.7 Å². The van der Waals surface area contributed by atoms with Crippen LogP contribution in [0.15, 0.2) is 54.6 Å². The van der Waals surface area contributed by atoms with Crippen LogP contribution in [-0.4, -0.2) is 57.0 Å². The molecule has 8 nitrogen and oxygen atoms in total. The number of allylic oxidation sites excluding steroid dienone is 2. The van der Waals surface area contributed by atoms with E-state index in [1.54, 1.807) is 25.2 Å². The molecule has 2 aliphatic heterocycles. The zero-order chi connectivity index (χ0) is 25.3. The third kappa shape index (κ3) is 2.96. The number of fused-ring (bicyclic) bond motifs is 5. The summed E-state index contributed by atoms with van der Waals surface area (Å²) in [5, 5.41) is 0. The largest absolute Gasteiger partial charge is 0.493 e. The number of ether oxygens (including phenoxy) is 2. The van der Waals surface area contributed by atoms with Gasteiger partial charge in [-0.05, 0) is 48.6 Å². The van der Waals surface area contributed by atoms with Crippen LogP contribution in [0.3, 0.4) is 0 Å². The molecule has 2 aromatic rings. The summed E-state index contributed by atoms with van der Waals surface area (Å²) in [6.07, 6.45) is 4.96. The number of rotatable bonds is 6. The minimum Gasteiger partial charge on any atom is -0.493 e. The number of benzene rings is 2. The van der Waals surface area contributed by atoms with E-state index in [-0.39, 0.29) is 41.4 Å². The van der Waals surface area contributed by atoms with Gasteiger partial charge in [-0.3, -0.25) is 19.3 Å². The van der Waals surface area contributed by atoms with Gasteiger partial charge in [0.25, 0.3) is 5.91 Å². The predicted molar refractivity (Wildman–Crippen MR) is 134 cm³/mol. The van der Waals surface area contributed by atoms with E-state index in [2.05, 4.69) is 12.2 Å². The Bertz CT molecular complexity index is 1260. The number of likely N-dealkylation sites (tertiary alicyclic amines) is 1. The lowest BCUT2D eigenvalue weighted by molar-refractivity contribution is -0.153. The number of anilines is 2. The monoisotopic (exact) mass is 487 g/mol. The molecule has 6 unspecified atom stereocenters. The smallest absolute Gasteiger partial charge is 0.253 e. The highest BCUT2D eigenvalue weighted by atomic mass is 16.5. The molecule has 6 atom stereocenters. The van der Waals surface area contributed by atoms with E-state index in [0.717, 1.165) is 12.1 Å². The molecule has 2 aliphatic carbocycles. The number of amides is 3. The lowest BCUT2D eigenvalue weighted by Crippen LogP contribution is -2.67. The van der Waals surface area contributed by atoms with E-state index >= 15 is 0 Å². The molecule has 0 spiro atoms. The van der Waals surface area contributed by atoms with Gasteiger partial charge < -0.3 is 19.3 Å². The van der Waals surface area contributed by atoms with E-state index in [9.17, 15) is 14.4 Å². The Kier molecular flexibility index (Phi) is 5.10.